The van der Waals surface area contributed by atoms with Gasteiger partial charge in [-0.15, -0.1) is 0 Å². The number of anilines is 1. The molecule has 1 unspecified atom stereocenters. The number of rotatable bonds is 7. The van der Waals surface area contributed by atoms with Gasteiger partial charge in [0.15, 0.2) is 5.78 Å². The van der Waals surface area contributed by atoms with Crippen LogP contribution in [0.3, 0.4) is 0 Å². The molecule has 2 aromatic rings. The summed E-state index contributed by atoms with van der Waals surface area (Å²) in [6.07, 6.45) is -1.29. The molecular formula is C20H22N2O5. The molecule has 0 aliphatic heterocycles. The van der Waals surface area contributed by atoms with Crippen LogP contribution in [-0.4, -0.2) is 36.0 Å². The zero-order valence-electron chi connectivity index (χ0n) is 15.4. The Labute approximate surface area is 157 Å². The Bertz CT molecular complexity index is 834. The third kappa shape index (κ3) is 5.07. The van der Waals surface area contributed by atoms with Crippen molar-refractivity contribution < 1.29 is 24.2 Å². The number of nitrogens with one attached hydrogen (secondary N) is 2. The van der Waals surface area contributed by atoms with Crippen molar-refractivity contribution in [1.29, 1.82) is 0 Å². The molecule has 3 N–H and O–H groups in total. The minimum Gasteiger partial charge on any atom is -0.497 e. The highest BCUT2D eigenvalue weighted by Crippen LogP contribution is 2.25. The van der Waals surface area contributed by atoms with E-state index >= 15 is 0 Å². The fourth-order valence-corrected chi connectivity index (χ4v) is 2.57. The van der Waals surface area contributed by atoms with Crippen LogP contribution in [0.2, 0.25) is 0 Å². The first-order chi connectivity index (χ1) is 12.8. The van der Waals surface area contributed by atoms with Crippen LogP contribution in [-0.2, 0) is 4.79 Å². The second-order valence-electron chi connectivity index (χ2n) is 6.27. The summed E-state index contributed by atoms with van der Waals surface area (Å²) in [7, 11) is 1.48. The summed E-state index contributed by atoms with van der Waals surface area (Å²) in [5.41, 5.74) is 1.00. The number of amides is 2. The van der Waals surface area contributed by atoms with Gasteiger partial charge in [-0.05, 0) is 24.1 Å². The minimum atomic E-state index is -1.29. The second kappa shape index (κ2) is 8.84. The maximum absolute atomic E-state index is 12.9. The van der Waals surface area contributed by atoms with Gasteiger partial charge in [0, 0.05) is 11.1 Å². The first-order valence-electron chi connectivity index (χ1n) is 8.41. The first kappa shape index (κ1) is 20.0. The summed E-state index contributed by atoms with van der Waals surface area (Å²) in [6.45, 7) is 3.45. The monoisotopic (exact) mass is 370 g/mol. The van der Waals surface area contributed by atoms with Crippen LogP contribution in [0.15, 0.2) is 48.5 Å². The standard InChI is InChI=1S/C20H22N2O5/c1-12(2)17(22-20(25)26)19(24)21-16-10-9-14(27-3)11-15(16)18(23)13-7-5-4-6-8-13/h4-12,17,22H,1-3H3,(H,21,24)(H,25,26). The van der Waals surface area contributed by atoms with Gasteiger partial charge in [0.1, 0.15) is 11.8 Å². The van der Waals surface area contributed by atoms with E-state index in [4.69, 9.17) is 9.84 Å². The fourth-order valence-electron chi connectivity index (χ4n) is 2.57. The van der Waals surface area contributed by atoms with Gasteiger partial charge in [-0.25, -0.2) is 4.79 Å². The molecule has 27 heavy (non-hydrogen) atoms. The number of carbonyl (C=O) groups excluding carboxylic acids is 2. The molecule has 0 saturated heterocycles. The van der Waals surface area contributed by atoms with E-state index in [2.05, 4.69) is 10.6 Å². The van der Waals surface area contributed by atoms with E-state index in [1.807, 2.05) is 0 Å². The van der Waals surface area contributed by atoms with Gasteiger partial charge in [-0.2, -0.15) is 0 Å². The van der Waals surface area contributed by atoms with E-state index in [1.54, 1.807) is 62.4 Å². The molecule has 0 aromatic heterocycles. The molecule has 1 atom stereocenters. The van der Waals surface area contributed by atoms with E-state index in [1.165, 1.54) is 7.11 Å². The maximum atomic E-state index is 12.9. The van der Waals surface area contributed by atoms with Crippen molar-refractivity contribution in [1.82, 2.24) is 5.32 Å². The highest BCUT2D eigenvalue weighted by molar-refractivity contribution is 6.14. The largest absolute Gasteiger partial charge is 0.497 e. The molecule has 2 amide bonds. The van der Waals surface area contributed by atoms with Crippen molar-refractivity contribution in [3.8, 4) is 5.75 Å². The lowest BCUT2D eigenvalue weighted by atomic mass is 10.00. The normalized spacial score (nSPS) is 11.6. The lowest BCUT2D eigenvalue weighted by molar-refractivity contribution is -0.119. The Morgan fingerprint density at radius 2 is 1.70 bits per heavy atom. The van der Waals surface area contributed by atoms with Gasteiger partial charge in [0.2, 0.25) is 5.91 Å². The van der Waals surface area contributed by atoms with E-state index < -0.39 is 18.0 Å². The summed E-state index contributed by atoms with van der Waals surface area (Å²) in [6, 6.07) is 12.4. The molecule has 0 bridgehead atoms. The van der Waals surface area contributed by atoms with E-state index in [-0.39, 0.29) is 23.0 Å². The molecule has 0 radical (unpaired) electrons. The third-order valence-electron chi connectivity index (χ3n) is 3.99. The van der Waals surface area contributed by atoms with Gasteiger partial charge in [0.25, 0.3) is 0 Å². The molecule has 0 saturated carbocycles. The van der Waals surface area contributed by atoms with Crippen molar-refractivity contribution >= 4 is 23.5 Å². The highest BCUT2D eigenvalue weighted by atomic mass is 16.5. The minimum absolute atomic E-state index is 0.256. The Kier molecular flexibility index (Phi) is 6.54. The van der Waals surface area contributed by atoms with E-state index in [0.29, 0.717) is 11.3 Å². The Balaban J connectivity index is 2.37. The number of ketones is 1. The van der Waals surface area contributed by atoms with E-state index in [9.17, 15) is 14.4 Å². The SMILES string of the molecule is COc1ccc(NC(=O)C(NC(=O)O)C(C)C)c(C(=O)c2ccccc2)c1. The summed E-state index contributed by atoms with van der Waals surface area (Å²) in [5.74, 6) is -0.624. The highest BCUT2D eigenvalue weighted by Gasteiger charge is 2.25. The van der Waals surface area contributed by atoms with Crippen molar-refractivity contribution in [3.05, 3.63) is 59.7 Å². The summed E-state index contributed by atoms with van der Waals surface area (Å²) in [5, 5.41) is 13.8. The molecule has 7 nitrogen and oxygen atoms in total. The Morgan fingerprint density at radius 1 is 1.04 bits per heavy atom. The second-order valence-corrected chi connectivity index (χ2v) is 6.27. The molecule has 142 valence electrons. The number of carboxylic acid groups (broad SMARTS) is 1. The van der Waals surface area contributed by atoms with Crippen molar-refractivity contribution in [3.63, 3.8) is 0 Å². The molecule has 0 fully saturated rings. The smallest absolute Gasteiger partial charge is 0.405 e. The van der Waals surface area contributed by atoms with Gasteiger partial charge in [0.05, 0.1) is 12.8 Å². The fraction of sp³-hybridized carbons (Fsp3) is 0.250. The number of hydrogen-bond acceptors (Lipinski definition) is 4. The zero-order valence-corrected chi connectivity index (χ0v) is 15.4. The van der Waals surface area contributed by atoms with Gasteiger partial charge >= 0.3 is 6.09 Å². The van der Waals surface area contributed by atoms with Gasteiger partial charge in [-0.3, -0.25) is 9.59 Å². The maximum Gasteiger partial charge on any atom is 0.405 e. The van der Waals surface area contributed by atoms with Crippen molar-refractivity contribution in [2.24, 2.45) is 5.92 Å². The Hall–Kier alpha value is -3.35. The third-order valence-corrected chi connectivity index (χ3v) is 3.99. The number of benzene rings is 2. The van der Waals surface area contributed by atoms with Gasteiger partial charge < -0.3 is 20.5 Å². The topological polar surface area (TPSA) is 105 Å². The molecular weight excluding hydrogens is 348 g/mol. The zero-order chi connectivity index (χ0) is 20.0. The molecule has 2 rings (SSSR count). The van der Waals surface area contributed by atoms with Crippen LogP contribution in [0.1, 0.15) is 29.8 Å². The van der Waals surface area contributed by atoms with Crippen LogP contribution in [0.4, 0.5) is 10.5 Å². The number of ether oxygens (including phenoxy) is 1. The summed E-state index contributed by atoms with van der Waals surface area (Å²) in [4.78, 5) is 36.4. The Morgan fingerprint density at radius 3 is 2.26 bits per heavy atom. The molecule has 7 heteroatoms. The lowest BCUT2D eigenvalue weighted by Crippen LogP contribution is -2.46. The van der Waals surface area contributed by atoms with Crippen molar-refractivity contribution in [2.75, 3.05) is 12.4 Å². The average Bonchev–Trinajstić information content (AvgIpc) is 2.66. The summed E-state index contributed by atoms with van der Waals surface area (Å²) < 4.78 is 5.18. The average molecular weight is 370 g/mol. The molecule has 0 aliphatic carbocycles. The van der Waals surface area contributed by atoms with Crippen LogP contribution in [0, 0.1) is 5.92 Å². The predicted molar refractivity (Wildman–Crippen MR) is 101 cm³/mol. The van der Waals surface area contributed by atoms with Crippen LogP contribution < -0.4 is 15.4 Å². The van der Waals surface area contributed by atoms with Crippen LogP contribution in [0.25, 0.3) is 0 Å². The lowest BCUT2D eigenvalue weighted by Gasteiger charge is -2.21. The van der Waals surface area contributed by atoms with E-state index in [0.717, 1.165) is 0 Å². The number of hydrogen-bond donors (Lipinski definition) is 3. The van der Waals surface area contributed by atoms with Gasteiger partial charge in [-0.1, -0.05) is 44.2 Å². The van der Waals surface area contributed by atoms with Crippen LogP contribution in [0.5, 0.6) is 5.75 Å². The quantitative estimate of drug-likeness (QED) is 0.650. The molecule has 2 aromatic carbocycles. The predicted octanol–water partition coefficient (Wildman–Crippen LogP) is 3.16. The number of carbonyl (C=O) groups is 3. The van der Waals surface area contributed by atoms with Crippen molar-refractivity contribution in [2.45, 2.75) is 19.9 Å². The molecule has 0 spiro atoms. The first-order valence-corrected chi connectivity index (χ1v) is 8.41. The summed E-state index contributed by atoms with van der Waals surface area (Å²) >= 11 is 0. The number of methoxy groups -OCH3 is 1. The molecule has 0 aliphatic rings. The van der Waals surface area contributed by atoms with Crippen LogP contribution >= 0.6 is 0 Å². The molecule has 0 heterocycles.